The van der Waals surface area contributed by atoms with Gasteiger partial charge in [-0.1, -0.05) is 0 Å². The smallest absolute Gasteiger partial charge is 2.00 e. The molecule has 0 bridgehead atoms. The molecular formula is AlCoFeNiO+7. The Morgan fingerprint density at radius 3 is 1.00 bits per heavy atom. The molecule has 0 atom stereocenters. The van der Waals surface area contributed by atoms with Crippen LogP contribution in [0.25, 0.3) is 0 Å². The number of rotatable bonds is 0. The van der Waals surface area contributed by atoms with Crippen molar-refractivity contribution in [1.82, 2.24) is 0 Å². The summed E-state index contributed by atoms with van der Waals surface area (Å²) in [5, 5.41) is 0. The van der Waals surface area contributed by atoms with E-state index in [-0.39, 0.29) is 73.2 Å². The van der Waals surface area contributed by atoms with Gasteiger partial charge in [-0.15, -0.1) is 0 Å². The van der Waals surface area contributed by atoms with Gasteiger partial charge >= 0.3 is 67.7 Å². The first kappa shape index (κ1) is 62.6. The maximum Gasteiger partial charge on any atom is 3.00 e. The summed E-state index contributed by atoms with van der Waals surface area (Å²) in [6.45, 7) is 0. The third-order valence-corrected chi connectivity index (χ3v) is 0. The van der Waals surface area contributed by atoms with Crippen LogP contribution in [-0.2, 0) is 55.8 Å². The molecule has 0 heterocycles. The van der Waals surface area contributed by atoms with Crippen LogP contribution >= 0.6 is 0 Å². The number of hydrogen-bond donors (Lipinski definition) is 0. The Morgan fingerprint density at radius 2 is 1.00 bits per heavy atom. The monoisotopic (exact) mass is 216 g/mol. The Labute approximate surface area is 72.7 Å². The van der Waals surface area contributed by atoms with Crippen molar-refractivity contribution in [3.63, 3.8) is 0 Å². The first-order valence-corrected chi connectivity index (χ1v) is 0. The fourth-order valence-electron chi connectivity index (χ4n) is 0. The Hall–Kier alpha value is 2.01. The van der Waals surface area contributed by atoms with E-state index < -0.39 is 0 Å². The first-order valence-electron chi connectivity index (χ1n) is 0. The Bertz CT molecular complexity index is 11.6. The Morgan fingerprint density at radius 1 is 1.00 bits per heavy atom. The molecule has 0 saturated carbocycles. The van der Waals surface area contributed by atoms with Gasteiger partial charge in [0.25, 0.3) is 0 Å². The van der Waals surface area contributed by atoms with Crippen molar-refractivity contribution in [2.24, 2.45) is 0 Å². The predicted octanol–water partition coefficient (Wildman–Crippen LogP) is -0.507. The van der Waals surface area contributed by atoms with Crippen molar-refractivity contribution < 1.29 is 55.8 Å². The van der Waals surface area contributed by atoms with E-state index in [1.807, 2.05) is 0 Å². The molecule has 0 saturated heterocycles. The standard InChI is InChI=1S/Al.Co.Fe.Ni.O/q+3;3*+2;-2. The fraction of sp³-hybridized carbons (Fsp3) is 0. The fourth-order valence-corrected chi connectivity index (χ4v) is 0. The minimum atomic E-state index is 0. The van der Waals surface area contributed by atoms with Crippen LogP contribution in [0.1, 0.15) is 0 Å². The summed E-state index contributed by atoms with van der Waals surface area (Å²) in [5.74, 6) is 0. The van der Waals surface area contributed by atoms with Gasteiger partial charge in [-0.2, -0.15) is 0 Å². The van der Waals surface area contributed by atoms with Crippen LogP contribution < -0.4 is 0 Å². The Balaban J connectivity index is 0. The molecular weight excluding hydrogens is 216 g/mol. The second-order valence-electron chi connectivity index (χ2n) is 0. The minimum absolute atomic E-state index is 0. The normalized spacial score (nSPS) is 0. The van der Waals surface area contributed by atoms with Gasteiger partial charge in [0.15, 0.2) is 0 Å². The summed E-state index contributed by atoms with van der Waals surface area (Å²) < 4.78 is 0. The predicted molar refractivity (Wildman–Crippen MR) is 6.44 cm³/mol. The first-order chi connectivity index (χ1) is 0. The zero-order valence-electron chi connectivity index (χ0n) is 1.99. The molecule has 0 spiro atoms. The van der Waals surface area contributed by atoms with Crippen molar-refractivity contribution >= 4 is 17.4 Å². The molecule has 0 aromatic carbocycles. The van der Waals surface area contributed by atoms with Crippen LogP contribution in [0, 0.1) is 0 Å². The molecule has 0 amide bonds. The molecule has 5 heteroatoms. The summed E-state index contributed by atoms with van der Waals surface area (Å²) >= 11 is 0. The van der Waals surface area contributed by atoms with Crippen LogP contribution in [0.3, 0.4) is 0 Å². The molecule has 0 rings (SSSR count). The quantitative estimate of drug-likeness (QED) is 0.488. The maximum atomic E-state index is 0. The van der Waals surface area contributed by atoms with E-state index in [0.29, 0.717) is 0 Å². The Kier molecular flexibility index (Phi) is 467. The average Bonchev–Trinajstić information content (AvgIpc) is 0. The molecule has 0 aliphatic heterocycles. The topological polar surface area (TPSA) is 28.5 Å². The molecule has 29 valence electrons. The van der Waals surface area contributed by atoms with Crippen LogP contribution in [0.15, 0.2) is 0 Å². The largest absolute Gasteiger partial charge is 3.00 e. The van der Waals surface area contributed by atoms with Crippen LogP contribution in [0.2, 0.25) is 0 Å². The molecule has 1 radical (unpaired) electrons. The van der Waals surface area contributed by atoms with Gasteiger partial charge < -0.3 is 5.48 Å². The third-order valence-electron chi connectivity index (χ3n) is 0. The maximum absolute atomic E-state index is 0. The molecule has 0 N–H and O–H groups in total. The van der Waals surface area contributed by atoms with Crippen LogP contribution in [0.4, 0.5) is 0 Å². The summed E-state index contributed by atoms with van der Waals surface area (Å²) in [7, 11) is 0. The van der Waals surface area contributed by atoms with E-state index in [2.05, 4.69) is 0 Å². The van der Waals surface area contributed by atoms with Gasteiger partial charge in [0, 0.05) is 0 Å². The second kappa shape index (κ2) is 37.3. The van der Waals surface area contributed by atoms with Gasteiger partial charge in [0.2, 0.25) is 0 Å². The molecule has 5 heavy (non-hydrogen) atoms. The van der Waals surface area contributed by atoms with E-state index in [9.17, 15) is 0 Å². The zero-order chi connectivity index (χ0) is 0. The molecule has 1 nitrogen and oxygen atoms in total. The molecule has 0 unspecified atom stereocenters. The van der Waals surface area contributed by atoms with Gasteiger partial charge in [-0.25, -0.2) is 0 Å². The second-order valence-corrected chi connectivity index (χ2v) is 0. The number of hydrogen-bond acceptors (Lipinski definition) is 0. The molecule has 0 aliphatic rings. The van der Waals surface area contributed by atoms with Gasteiger partial charge in [-0.3, -0.25) is 0 Å². The summed E-state index contributed by atoms with van der Waals surface area (Å²) in [6.07, 6.45) is 0. The van der Waals surface area contributed by atoms with Gasteiger partial charge in [0.05, 0.1) is 0 Å². The van der Waals surface area contributed by atoms with E-state index in [0.717, 1.165) is 0 Å². The van der Waals surface area contributed by atoms with E-state index >= 15 is 0 Å². The van der Waals surface area contributed by atoms with Crippen molar-refractivity contribution in [1.29, 1.82) is 0 Å². The third kappa shape index (κ3) is 23.9. The van der Waals surface area contributed by atoms with Crippen molar-refractivity contribution in [2.45, 2.75) is 0 Å². The SMILES string of the molecule is [Al+3].[Co+2].[Fe+2].[Ni+2].[O-2]. The molecule has 0 aromatic heterocycles. The summed E-state index contributed by atoms with van der Waals surface area (Å²) in [5.41, 5.74) is 0. The average molecular weight is 216 g/mol. The molecule has 0 aliphatic carbocycles. The van der Waals surface area contributed by atoms with E-state index in [1.165, 1.54) is 0 Å². The molecule has 0 aromatic rings. The van der Waals surface area contributed by atoms with Crippen LogP contribution in [-0.4, -0.2) is 17.4 Å². The van der Waals surface area contributed by atoms with Crippen LogP contribution in [0.5, 0.6) is 0 Å². The van der Waals surface area contributed by atoms with Crippen molar-refractivity contribution in [3.8, 4) is 0 Å². The van der Waals surface area contributed by atoms with Gasteiger partial charge in [0.1, 0.15) is 0 Å². The minimum Gasteiger partial charge on any atom is -2.00 e. The zero-order valence-corrected chi connectivity index (χ0v) is 6.28. The molecule has 0 fully saturated rings. The summed E-state index contributed by atoms with van der Waals surface area (Å²) in [6, 6.07) is 0. The van der Waals surface area contributed by atoms with Gasteiger partial charge in [-0.05, 0) is 0 Å². The van der Waals surface area contributed by atoms with Crippen molar-refractivity contribution in [3.05, 3.63) is 0 Å². The van der Waals surface area contributed by atoms with E-state index in [4.69, 9.17) is 0 Å². The summed E-state index contributed by atoms with van der Waals surface area (Å²) in [4.78, 5) is 0. The van der Waals surface area contributed by atoms with Crippen molar-refractivity contribution in [2.75, 3.05) is 0 Å². The van der Waals surface area contributed by atoms with E-state index in [1.54, 1.807) is 0 Å².